The zero-order valence-corrected chi connectivity index (χ0v) is 18.5. The van der Waals surface area contributed by atoms with Crippen LogP contribution in [0.1, 0.15) is 32.7 Å². The van der Waals surface area contributed by atoms with Gasteiger partial charge in [-0.2, -0.15) is 9.78 Å². The largest absolute Gasteiger partial charge is 0.378 e. The maximum absolute atomic E-state index is 13.4. The van der Waals surface area contributed by atoms with Crippen molar-refractivity contribution in [1.29, 1.82) is 0 Å². The average molecular weight is 434 g/mol. The number of carbonyl (C=O) groups excluding carboxylic acids is 1. The lowest BCUT2D eigenvalue weighted by molar-refractivity contribution is 0.0295. The van der Waals surface area contributed by atoms with Crippen molar-refractivity contribution in [2.45, 2.75) is 27.3 Å². The molecule has 0 saturated carbocycles. The molecule has 4 rings (SSSR count). The predicted molar refractivity (Wildman–Crippen MR) is 121 cm³/mol. The molecule has 8 nitrogen and oxygen atoms in total. The molecule has 166 valence electrons. The molecular formula is C24H26N4O4. The smallest absolute Gasteiger partial charge is 0.352 e. The van der Waals surface area contributed by atoms with Crippen molar-refractivity contribution in [3.63, 3.8) is 0 Å². The summed E-state index contributed by atoms with van der Waals surface area (Å²) in [6.07, 6.45) is 0. The van der Waals surface area contributed by atoms with E-state index in [1.807, 2.05) is 57.2 Å². The Morgan fingerprint density at radius 3 is 2.38 bits per heavy atom. The number of ether oxygens (including phenoxy) is 1. The quantitative estimate of drug-likeness (QED) is 0.626. The second-order valence-corrected chi connectivity index (χ2v) is 8.03. The third kappa shape index (κ3) is 4.13. The number of aryl methyl sites for hydroxylation is 3. The van der Waals surface area contributed by atoms with Crippen LogP contribution in [0.25, 0.3) is 5.69 Å². The number of carbonyl (C=O) groups is 1. The van der Waals surface area contributed by atoms with Crippen LogP contribution in [0, 0.1) is 20.8 Å². The summed E-state index contributed by atoms with van der Waals surface area (Å²) in [6.45, 7) is 7.44. The molecule has 1 saturated heterocycles. The molecule has 0 spiro atoms. The van der Waals surface area contributed by atoms with Crippen molar-refractivity contribution >= 4 is 5.91 Å². The van der Waals surface area contributed by atoms with Gasteiger partial charge < -0.3 is 9.64 Å². The topological polar surface area (TPSA) is 86.4 Å². The van der Waals surface area contributed by atoms with Crippen LogP contribution in [0.5, 0.6) is 0 Å². The van der Waals surface area contributed by atoms with E-state index in [4.69, 9.17) is 4.74 Å². The second kappa shape index (κ2) is 8.92. The van der Waals surface area contributed by atoms with Gasteiger partial charge in [0.1, 0.15) is 0 Å². The van der Waals surface area contributed by atoms with Crippen molar-refractivity contribution in [2.75, 3.05) is 26.3 Å². The Morgan fingerprint density at radius 1 is 0.969 bits per heavy atom. The zero-order valence-electron chi connectivity index (χ0n) is 18.5. The fourth-order valence-corrected chi connectivity index (χ4v) is 3.69. The van der Waals surface area contributed by atoms with E-state index < -0.39 is 17.2 Å². The number of amides is 1. The molecule has 1 amide bonds. The highest BCUT2D eigenvalue weighted by molar-refractivity contribution is 5.91. The summed E-state index contributed by atoms with van der Waals surface area (Å²) in [5.74, 6) is -0.491. The van der Waals surface area contributed by atoms with Crippen LogP contribution < -0.4 is 11.2 Å². The van der Waals surface area contributed by atoms with E-state index in [0.29, 0.717) is 32.0 Å². The van der Waals surface area contributed by atoms with Crippen LogP contribution in [-0.2, 0) is 11.3 Å². The van der Waals surface area contributed by atoms with E-state index in [0.717, 1.165) is 31.5 Å². The molecule has 32 heavy (non-hydrogen) atoms. The molecule has 0 aliphatic carbocycles. The van der Waals surface area contributed by atoms with E-state index in [1.165, 1.54) is 0 Å². The van der Waals surface area contributed by atoms with Gasteiger partial charge in [0.05, 0.1) is 25.4 Å². The summed E-state index contributed by atoms with van der Waals surface area (Å²) in [7, 11) is 0. The van der Waals surface area contributed by atoms with Crippen molar-refractivity contribution in [3.8, 4) is 5.69 Å². The molecule has 2 heterocycles. The first kappa shape index (κ1) is 21.7. The standard InChI is InChI=1S/C24H26N4O4/c1-16-8-9-20(14-18(16)3)28-24(31)27(15-19-7-5-4-6-17(19)2)23(30)21(25-28)22(29)26-10-12-32-13-11-26/h4-9,14H,10-13,15H2,1-3H3. The van der Waals surface area contributed by atoms with Gasteiger partial charge in [0.25, 0.3) is 11.5 Å². The molecule has 1 aliphatic heterocycles. The number of hydrogen-bond donors (Lipinski definition) is 0. The second-order valence-electron chi connectivity index (χ2n) is 8.03. The van der Waals surface area contributed by atoms with Gasteiger partial charge in [-0.15, -0.1) is 0 Å². The Balaban J connectivity index is 1.90. The van der Waals surface area contributed by atoms with Crippen molar-refractivity contribution < 1.29 is 9.53 Å². The normalized spacial score (nSPS) is 13.9. The first-order chi connectivity index (χ1) is 15.4. The molecule has 0 bridgehead atoms. The van der Waals surface area contributed by atoms with Crippen LogP contribution in [0.3, 0.4) is 0 Å². The summed E-state index contributed by atoms with van der Waals surface area (Å²) in [5.41, 5.74) is 2.80. The fraction of sp³-hybridized carbons (Fsp3) is 0.333. The van der Waals surface area contributed by atoms with Gasteiger partial charge in [0.2, 0.25) is 5.69 Å². The minimum atomic E-state index is -0.685. The van der Waals surface area contributed by atoms with E-state index in [1.54, 1.807) is 11.0 Å². The number of nitrogens with zero attached hydrogens (tertiary/aromatic N) is 4. The lowest BCUT2D eigenvalue weighted by Gasteiger charge is -2.26. The number of morpholine rings is 1. The van der Waals surface area contributed by atoms with Gasteiger partial charge in [0, 0.05) is 13.1 Å². The minimum Gasteiger partial charge on any atom is -0.378 e. The monoisotopic (exact) mass is 434 g/mol. The highest BCUT2D eigenvalue weighted by Gasteiger charge is 2.26. The summed E-state index contributed by atoms with van der Waals surface area (Å²) in [6, 6.07) is 13.0. The third-order valence-electron chi connectivity index (χ3n) is 5.89. The Morgan fingerprint density at radius 2 is 1.69 bits per heavy atom. The number of rotatable bonds is 4. The van der Waals surface area contributed by atoms with Gasteiger partial charge >= 0.3 is 5.69 Å². The molecule has 0 N–H and O–H groups in total. The van der Waals surface area contributed by atoms with E-state index >= 15 is 0 Å². The van der Waals surface area contributed by atoms with Crippen LogP contribution in [0.15, 0.2) is 52.1 Å². The fourth-order valence-electron chi connectivity index (χ4n) is 3.69. The SMILES string of the molecule is Cc1ccc(-n2nc(C(=O)N3CCOCC3)c(=O)n(Cc3ccccc3C)c2=O)cc1C. The predicted octanol–water partition coefficient (Wildman–Crippen LogP) is 1.84. The molecule has 3 aromatic rings. The van der Waals surface area contributed by atoms with Crippen LogP contribution in [-0.4, -0.2) is 51.5 Å². The summed E-state index contributed by atoms with van der Waals surface area (Å²) >= 11 is 0. The molecule has 0 radical (unpaired) electrons. The Kier molecular flexibility index (Phi) is 6.05. The Labute approximate surface area is 185 Å². The van der Waals surface area contributed by atoms with Crippen LogP contribution >= 0.6 is 0 Å². The van der Waals surface area contributed by atoms with Gasteiger partial charge in [-0.25, -0.2) is 4.79 Å². The summed E-state index contributed by atoms with van der Waals surface area (Å²) in [4.78, 5) is 41.4. The van der Waals surface area contributed by atoms with E-state index in [-0.39, 0.29) is 12.2 Å². The molecule has 0 atom stereocenters. The molecule has 1 aliphatic rings. The number of aromatic nitrogens is 3. The maximum Gasteiger partial charge on any atom is 0.352 e. The van der Waals surface area contributed by atoms with Gasteiger partial charge in [0.15, 0.2) is 0 Å². The first-order valence-electron chi connectivity index (χ1n) is 10.6. The lowest BCUT2D eigenvalue weighted by Crippen LogP contribution is -2.48. The Hall–Kier alpha value is -3.52. The van der Waals surface area contributed by atoms with Crippen LogP contribution in [0.4, 0.5) is 0 Å². The molecule has 2 aromatic carbocycles. The molecule has 1 aromatic heterocycles. The summed E-state index contributed by atoms with van der Waals surface area (Å²) in [5, 5.41) is 4.25. The maximum atomic E-state index is 13.4. The lowest BCUT2D eigenvalue weighted by atomic mass is 10.1. The van der Waals surface area contributed by atoms with E-state index in [9.17, 15) is 14.4 Å². The van der Waals surface area contributed by atoms with Crippen molar-refractivity contribution in [2.24, 2.45) is 0 Å². The minimum absolute atomic E-state index is 0.0566. The zero-order chi connectivity index (χ0) is 22.8. The molecule has 0 unspecified atom stereocenters. The third-order valence-corrected chi connectivity index (χ3v) is 5.89. The molecular weight excluding hydrogens is 408 g/mol. The number of hydrogen-bond acceptors (Lipinski definition) is 5. The highest BCUT2D eigenvalue weighted by atomic mass is 16.5. The highest BCUT2D eigenvalue weighted by Crippen LogP contribution is 2.13. The summed E-state index contributed by atoms with van der Waals surface area (Å²) < 4.78 is 7.56. The number of benzene rings is 2. The van der Waals surface area contributed by atoms with Crippen molar-refractivity contribution in [1.82, 2.24) is 19.2 Å². The van der Waals surface area contributed by atoms with Gasteiger partial charge in [-0.3, -0.25) is 14.2 Å². The Bertz CT molecular complexity index is 1290. The molecule has 1 fully saturated rings. The van der Waals surface area contributed by atoms with Crippen molar-refractivity contribution in [3.05, 3.63) is 91.3 Å². The average Bonchev–Trinajstić information content (AvgIpc) is 2.80. The van der Waals surface area contributed by atoms with Crippen LogP contribution in [0.2, 0.25) is 0 Å². The van der Waals surface area contributed by atoms with Gasteiger partial charge in [-0.1, -0.05) is 30.3 Å². The van der Waals surface area contributed by atoms with E-state index in [2.05, 4.69) is 5.10 Å². The first-order valence-corrected chi connectivity index (χ1v) is 10.6. The van der Waals surface area contributed by atoms with Gasteiger partial charge in [-0.05, 0) is 55.2 Å². The molecule has 8 heteroatoms.